The van der Waals surface area contributed by atoms with Crippen molar-refractivity contribution in [3.05, 3.63) is 42.2 Å². The summed E-state index contributed by atoms with van der Waals surface area (Å²) in [6.07, 6.45) is 1.79. The summed E-state index contributed by atoms with van der Waals surface area (Å²) in [4.78, 5) is 14.3. The van der Waals surface area contributed by atoms with Gasteiger partial charge >= 0.3 is 0 Å². The van der Waals surface area contributed by atoms with Gasteiger partial charge in [-0.15, -0.1) is 0 Å². The Bertz CT molecular complexity index is 639. The van der Waals surface area contributed by atoms with Crippen LogP contribution in [0.4, 0.5) is 5.69 Å². The first-order valence-corrected chi connectivity index (χ1v) is 6.85. The smallest absolute Gasteiger partial charge is 0.278 e. The molecule has 110 valence electrons. The van der Waals surface area contributed by atoms with Crippen molar-refractivity contribution in [3.63, 3.8) is 0 Å². The minimum Gasteiger partial charge on any atom is -0.490 e. The van der Waals surface area contributed by atoms with Crippen LogP contribution in [0.5, 0.6) is 5.75 Å². The van der Waals surface area contributed by atoms with Gasteiger partial charge in [0.15, 0.2) is 5.69 Å². The molecule has 2 heterocycles. The first-order valence-electron chi connectivity index (χ1n) is 6.85. The molecule has 1 aliphatic rings. The number of hydrogen-bond acceptors (Lipinski definition) is 4. The number of rotatable bonds is 4. The predicted molar refractivity (Wildman–Crippen MR) is 77.7 cm³/mol. The van der Waals surface area contributed by atoms with Crippen molar-refractivity contribution in [1.29, 1.82) is 0 Å². The van der Waals surface area contributed by atoms with Crippen molar-refractivity contribution in [2.24, 2.45) is 0 Å². The van der Waals surface area contributed by atoms with Crippen LogP contribution in [0.1, 0.15) is 10.5 Å². The van der Waals surface area contributed by atoms with Crippen molar-refractivity contribution in [3.8, 4) is 5.75 Å². The zero-order valence-electron chi connectivity index (χ0n) is 11.9. The van der Waals surface area contributed by atoms with Gasteiger partial charge in [-0.3, -0.25) is 9.48 Å². The Labute approximate surface area is 122 Å². The molecular formula is C15H17N3O3. The lowest BCUT2D eigenvalue weighted by Crippen LogP contribution is -2.38. The summed E-state index contributed by atoms with van der Waals surface area (Å²) in [5.41, 5.74) is 1.22. The number of hydrogen-bond donors (Lipinski definition) is 0. The van der Waals surface area contributed by atoms with Crippen molar-refractivity contribution >= 4 is 11.6 Å². The molecule has 1 aliphatic heterocycles. The van der Waals surface area contributed by atoms with Crippen molar-refractivity contribution in [2.75, 3.05) is 31.8 Å². The van der Waals surface area contributed by atoms with Crippen LogP contribution in [-0.4, -0.2) is 42.6 Å². The molecule has 21 heavy (non-hydrogen) atoms. The van der Waals surface area contributed by atoms with Crippen LogP contribution in [0, 0.1) is 0 Å². The van der Waals surface area contributed by atoms with E-state index in [1.807, 2.05) is 24.3 Å². The highest BCUT2D eigenvalue weighted by Gasteiger charge is 2.25. The zero-order chi connectivity index (χ0) is 14.7. The molecule has 3 rings (SSSR count). The topological polar surface area (TPSA) is 56.6 Å². The number of nitrogens with zero attached hydrogens (tertiary/aromatic N) is 3. The molecule has 0 saturated heterocycles. The number of fused-ring (bicyclic) bond motifs is 1. The molecule has 2 aromatic rings. The van der Waals surface area contributed by atoms with Gasteiger partial charge in [-0.1, -0.05) is 12.1 Å². The van der Waals surface area contributed by atoms with E-state index in [1.54, 1.807) is 29.0 Å². The van der Waals surface area contributed by atoms with E-state index in [1.165, 1.54) is 0 Å². The van der Waals surface area contributed by atoms with Crippen molar-refractivity contribution in [2.45, 2.75) is 6.54 Å². The molecule has 0 atom stereocenters. The summed E-state index contributed by atoms with van der Waals surface area (Å²) >= 11 is 0. The second-order valence-corrected chi connectivity index (χ2v) is 4.73. The number of aromatic nitrogens is 2. The van der Waals surface area contributed by atoms with Crippen LogP contribution in [-0.2, 0) is 11.3 Å². The molecule has 0 fully saturated rings. The Morgan fingerprint density at radius 1 is 1.38 bits per heavy atom. The molecule has 0 saturated carbocycles. The standard InChI is InChI=1S/C15H17N3O3/c1-20-10-8-17-7-6-12(16-17)15(19)18-9-11-21-14-5-3-2-4-13(14)18/h2-7H,8-11H2,1H3. The van der Waals surface area contributed by atoms with Crippen LogP contribution in [0.3, 0.4) is 0 Å². The normalized spacial score (nSPS) is 13.7. The van der Waals surface area contributed by atoms with E-state index in [-0.39, 0.29) is 5.91 Å². The van der Waals surface area contributed by atoms with E-state index in [9.17, 15) is 4.79 Å². The summed E-state index contributed by atoms with van der Waals surface area (Å²) in [5, 5.41) is 4.30. The maximum Gasteiger partial charge on any atom is 0.278 e. The molecule has 0 bridgehead atoms. The average Bonchev–Trinajstić information content (AvgIpc) is 3.00. The first kappa shape index (κ1) is 13.6. The predicted octanol–water partition coefficient (Wildman–Crippen LogP) is 1.57. The van der Waals surface area contributed by atoms with Crippen LogP contribution in [0.2, 0.25) is 0 Å². The van der Waals surface area contributed by atoms with Crippen molar-refractivity contribution in [1.82, 2.24) is 9.78 Å². The molecule has 1 amide bonds. The van der Waals surface area contributed by atoms with Crippen LogP contribution in [0.15, 0.2) is 36.5 Å². The maximum atomic E-state index is 12.6. The van der Waals surface area contributed by atoms with E-state index in [2.05, 4.69) is 5.10 Å². The second kappa shape index (κ2) is 5.97. The molecular weight excluding hydrogens is 270 g/mol. The van der Waals surface area contributed by atoms with E-state index in [0.29, 0.717) is 32.0 Å². The zero-order valence-corrected chi connectivity index (χ0v) is 11.9. The Morgan fingerprint density at radius 3 is 3.10 bits per heavy atom. The van der Waals surface area contributed by atoms with Gasteiger partial charge in [0.05, 0.1) is 25.4 Å². The molecule has 0 N–H and O–H groups in total. The highest BCUT2D eigenvalue weighted by atomic mass is 16.5. The highest BCUT2D eigenvalue weighted by Crippen LogP contribution is 2.31. The Kier molecular flexibility index (Phi) is 3.87. The van der Waals surface area contributed by atoms with Gasteiger partial charge in [0.25, 0.3) is 5.91 Å². The number of amides is 1. The second-order valence-electron chi connectivity index (χ2n) is 4.73. The molecule has 6 heteroatoms. The number of ether oxygens (including phenoxy) is 2. The lowest BCUT2D eigenvalue weighted by atomic mass is 10.2. The number of carbonyl (C=O) groups is 1. The third kappa shape index (κ3) is 2.75. The fourth-order valence-electron chi connectivity index (χ4n) is 2.30. The molecule has 0 unspecified atom stereocenters. The number of anilines is 1. The van der Waals surface area contributed by atoms with Gasteiger partial charge in [0.2, 0.25) is 0 Å². The Balaban J connectivity index is 1.81. The minimum atomic E-state index is -0.109. The fourth-order valence-corrected chi connectivity index (χ4v) is 2.30. The van der Waals surface area contributed by atoms with Gasteiger partial charge in [-0.2, -0.15) is 5.10 Å². The third-order valence-corrected chi connectivity index (χ3v) is 3.36. The van der Waals surface area contributed by atoms with Crippen LogP contribution in [0.25, 0.3) is 0 Å². The van der Waals surface area contributed by atoms with Gasteiger partial charge in [-0.05, 0) is 18.2 Å². The average molecular weight is 287 g/mol. The van der Waals surface area contributed by atoms with Gasteiger partial charge < -0.3 is 14.4 Å². The van der Waals surface area contributed by atoms with E-state index in [4.69, 9.17) is 9.47 Å². The highest BCUT2D eigenvalue weighted by molar-refractivity contribution is 6.05. The molecule has 1 aromatic heterocycles. The molecule has 0 spiro atoms. The summed E-state index contributed by atoms with van der Waals surface area (Å²) in [6, 6.07) is 9.27. The summed E-state index contributed by atoms with van der Waals surface area (Å²) in [7, 11) is 1.64. The number of methoxy groups -OCH3 is 1. The molecule has 1 aromatic carbocycles. The summed E-state index contributed by atoms with van der Waals surface area (Å²) in [6.45, 7) is 2.22. The summed E-state index contributed by atoms with van der Waals surface area (Å²) < 4.78 is 12.3. The van der Waals surface area contributed by atoms with Crippen molar-refractivity contribution < 1.29 is 14.3 Å². The lowest BCUT2D eigenvalue weighted by Gasteiger charge is -2.28. The van der Waals surface area contributed by atoms with Gasteiger partial charge in [0, 0.05) is 13.3 Å². The number of carbonyl (C=O) groups excluding carboxylic acids is 1. The Hall–Kier alpha value is -2.34. The van der Waals surface area contributed by atoms with Crippen LogP contribution >= 0.6 is 0 Å². The fraction of sp³-hybridized carbons (Fsp3) is 0.333. The minimum absolute atomic E-state index is 0.109. The first-order chi connectivity index (χ1) is 10.3. The summed E-state index contributed by atoms with van der Waals surface area (Å²) in [5.74, 6) is 0.623. The number of benzene rings is 1. The van der Waals surface area contributed by atoms with Gasteiger partial charge in [0.1, 0.15) is 12.4 Å². The third-order valence-electron chi connectivity index (χ3n) is 3.36. The SMILES string of the molecule is COCCn1ccc(C(=O)N2CCOc3ccccc32)n1. The van der Waals surface area contributed by atoms with E-state index >= 15 is 0 Å². The lowest BCUT2D eigenvalue weighted by molar-refractivity contribution is 0.0970. The molecule has 0 aliphatic carbocycles. The van der Waals surface area contributed by atoms with Crippen LogP contribution < -0.4 is 9.64 Å². The monoisotopic (exact) mass is 287 g/mol. The Morgan fingerprint density at radius 2 is 2.24 bits per heavy atom. The quantitative estimate of drug-likeness (QED) is 0.856. The molecule has 6 nitrogen and oxygen atoms in total. The number of para-hydroxylation sites is 2. The maximum absolute atomic E-state index is 12.6. The van der Waals surface area contributed by atoms with Gasteiger partial charge in [-0.25, -0.2) is 0 Å². The van der Waals surface area contributed by atoms with E-state index in [0.717, 1.165) is 11.4 Å². The largest absolute Gasteiger partial charge is 0.490 e. The molecule has 0 radical (unpaired) electrons. The van der Waals surface area contributed by atoms with E-state index < -0.39 is 0 Å².